The molecular formula is C22H24ClNO. The highest BCUT2D eigenvalue weighted by Crippen LogP contribution is 2.42. The lowest BCUT2D eigenvalue weighted by Crippen LogP contribution is -2.47. The van der Waals surface area contributed by atoms with Crippen LogP contribution in [0.4, 0.5) is 0 Å². The Balaban J connectivity index is 1.66. The normalized spacial score (nSPS) is 23.2. The number of hydrogen-bond donors (Lipinski definition) is 0. The van der Waals surface area contributed by atoms with Crippen molar-refractivity contribution < 1.29 is 4.74 Å². The molecule has 0 saturated carbocycles. The zero-order chi connectivity index (χ0) is 17.2. The molecule has 0 radical (unpaired) electrons. The van der Waals surface area contributed by atoms with Gasteiger partial charge < -0.3 is 4.74 Å². The number of ether oxygens (including phenoxy) is 1. The first-order valence-corrected chi connectivity index (χ1v) is 9.47. The summed E-state index contributed by atoms with van der Waals surface area (Å²) in [6.45, 7) is 1.03. The topological polar surface area (TPSA) is 12.5 Å². The van der Waals surface area contributed by atoms with Crippen molar-refractivity contribution in [2.24, 2.45) is 0 Å². The van der Waals surface area contributed by atoms with E-state index in [4.69, 9.17) is 16.3 Å². The minimum absolute atomic E-state index is 0.490. The van der Waals surface area contributed by atoms with Gasteiger partial charge in [-0.15, -0.1) is 0 Å². The van der Waals surface area contributed by atoms with Crippen LogP contribution in [-0.2, 0) is 6.54 Å². The summed E-state index contributed by atoms with van der Waals surface area (Å²) in [7, 11) is 1.72. The highest BCUT2D eigenvalue weighted by Gasteiger charge is 2.35. The van der Waals surface area contributed by atoms with Crippen LogP contribution in [0.3, 0.4) is 0 Å². The molecule has 130 valence electrons. The van der Waals surface area contributed by atoms with Gasteiger partial charge in [-0.3, -0.25) is 4.90 Å². The third kappa shape index (κ3) is 3.33. The van der Waals surface area contributed by atoms with E-state index in [1.54, 1.807) is 7.11 Å². The minimum atomic E-state index is 0.490. The zero-order valence-electron chi connectivity index (χ0n) is 14.6. The van der Waals surface area contributed by atoms with E-state index >= 15 is 0 Å². The Morgan fingerprint density at radius 3 is 2.68 bits per heavy atom. The lowest BCUT2D eigenvalue weighted by Gasteiger charge is -2.45. The van der Waals surface area contributed by atoms with Gasteiger partial charge >= 0.3 is 0 Å². The highest BCUT2D eigenvalue weighted by molar-refractivity contribution is 6.32. The second-order valence-electron chi connectivity index (χ2n) is 7.02. The SMILES string of the molecule is COc1cccc(Cl)c1C1=CC2CCCC(C1)N2Cc1ccccc1. The molecule has 2 aromatic carbocycles. The largest absolute Gasteiger partial charge is 0.496 e. The second-order valence-corrected chi connectivity index (χ2v) is 7.43. The Morgan fingerprint density at radius 1 is 1.08 bits per heavy atom. The molecule has 2 aliphatic heterocycles. The number of rotatable bonds is 4. The predicted octanol–water partition coefficient (Wildman–Crippen LogP) is 5.56. The van der Waals surface area contributed by atoms with E-state index in [-0.39, 0.29) is 0 Å². The number of benzene rings is 2. The van der Waals surface area contributed by atoms with Gasteiger partial charge in [0, 0.05) is 24.2 Å². The summed E-state index contributed by atoms with van der Waals surface area (Å²) in [6.07, 6.45) is 7.27. The van der Waals surface area contributed by atoms with Gasteiger partial charge in [0.25, 0.3) is 0 Å². The fourth-order valence-corrected chi connectivity index (χ4v) is 4.62. The van der Waals surface area contributed by atoms with Gasteiger partial charge in [-0.1, -0.05) is 60.5 Å². The maximum absolute atomic E-state index is 6.53. The van der Waals surface area contributed by atoms with Crippen molar-refractivity contribution >= 4 is 17.2 Å². The molecule has 1 fully saturated rings. The summed E-state index contributed by atoms with van der Waals surface area (Å²) in [5.74, 6) is 0.883. The maximum Gasteiger partial charge on any atom is 0.127 e. The van der Waals surface area contributed by atoms with E-state index in [2.05, 4.69) is 41.3 Å². The third-order valence-corrected chi connectivity index (χ3v) is 5.82. The molecule has 2 nitrogen and oxygen atoms in total. The Morgan fingerprint density at radius 2 is 1.92 bits per heavy atom. The molecule has 25 heavy (non-hydrogen) atoms. The fraction of sp³-hybridized carbons (Fsp3) is 0.364. The van der Waals surface area contributed by atoms with E-state index in [1.807, 2.05) is 18.2 Å². The van der Waals surface area contributed by atoms with Gasteiger partial charge in [-0.25, -0.2) is 0 Å². The molecule has 2 aliphatic rings. The number of methoxy groups -OCH3 is 1. The van der Waals surface area contributed by atoms with Crippen LogP contribution in [0, 0.1) is 0 Å². The van der Waals surface area contributed by atoms with Gasteiger partial charge in [0.1, 0.15) is 5.75 Å². The van der Waals surface area contributed by atoms with Crippen LogP contribution in [0.5, 0.6) is 5.75 Å². The first-order chi connectivity index (χ1) is 12.3. The Bertz CT molecular complexity index is 771. The summed E-state index contributed by atoms with van der Waals surface area (Å²) >= 11 is 6.53. The van der Waals surface area contributed by atoms with Crippen molar-refractivity contribution in [2.45, 2.75) is 44.3 Å². The molecule has 3 heteroatoms. The van der Waals surface area contributed by atoms with Crippen molar-refractivity contribution in [1.82, 2.24) is 4.90 Å². The van der Waals surface area contributed by atoms with E-state index in [0.29, 0.717) is 12.1 Å². The quantitative estimate of drug-likeness (QED) is 0.713. The average Bonchev–Trinajstić information content (AvgIpc) is 2.62. The molecule has 4 rings (SSSR count). The molecule has 0 N–H and O–H groups in total. The van der Waals surface area contributed by atoms with Crippen LogP contribution in [0.2, 0.25) is 5.02 Å². The van der Waals surface area contributed by atoms with Crippen LogP contribution < -0.4 is 4.74 Å². The van der Waals surface area contributed by atoms with Crippen LogP contribution >= 0.6 is 11.6 Å². The van der Waals surface area contributed by atoms with E-state index in [1.165, 1.54) is 30.4 Å². The highest BCUT2D eigenvalue weighted by atomic mass is 35.5. The van der Waals surface area contributed by atoms with Crippen LogP contribution in [0.1, 0.15) is 36.8 Å². The van der Waals surface area contributed by atoms with Gasteiger partial charge in [0.05, 0.1) is 12.1 Å². The molecule has 2 unspecified atom stereocenters. The standard InChI is InChI=1S/C22H24ClNO/c1-25-21-12-6-11-20(23)22(21)17-13-18-9-5-10-19(14-17)24(18)15-16-7-3-2-4-8-16/h2-4,6-8,11-13,18-19H,5,9-10,14-15H2,1H3. The van der Waals surface area contributed by atoms with Crippen LogP contribution in [0.15, 0.2) is 54.6 Å². The van der Waals surface area contributed by atoms with Crippen molar-refractivity contribution in [3.05, 3.63) is 70.8 Å². The summed E-state index contributed by atoms with van der Waals surface area (Å²) in [4.78, 5) is 2.67. The van der Waals surface area contributed by atoms with Gasteiger partial charge in [0.15, 0.2) is 0 Å². The van der Waals surface area contributed by atoms with Crippen molar-refractivity contribution in [2.75, 3.05) is 7.11 Å². The number of fused-ring (bicyclic) bond motifs is 2. The smallest absolute Gasteiger partial charge is 0.127 e. The molecule has 0 aromatic heterocycles. The first-order valence-electron chi connectivity index (χ1n) is 9.09. The van der Waals surface area contributed by atoms with Crippen molar-refractivity contribution in [3.8, 4) is 5.75 Å². The van der Waals surface area contributed by atoms with Crippen LogP contribution in [0.25, 0.3) is 5.57 Å². The molecule has 0 amide bonds. The lowest BCUT2D eigenvalue weighted by molar-refractivity contribution is 0.0951. The first kappa shape index (κ1) is 16.7. The molecular weight excluding hydrogens is 330 g/mol. The molecule has 2 bridgehead atoms. The monoisotopic (exact) mass is 353 g/mol. The molecule has 2 heterocycles. The minimum Gasteiger partial charge on any atom is -0.496 e. The van der Waals surface area contributed by atoms with Crippen molar-refractivity contribution in [1.29, 1.82) is 0 Å². The summed E-state index contributed by atoms with van der Waals surface area (Å²) < 4.78 is 5.59. The predicted molar refractivity (Wildman–Crippen MR) is 104 cm³/mol. The molecule has 0 aliphatic carbocycles. The van der Waals surface area contributed by atoms with E-state index in [0.717, 1.165) is 29.3 Å². The Hall–Kier alpha value is -1.77. The molecule has 2 atom stereocenters. The molecule has 0 spiro atoms. The lowest BCUT2D eigenvalue weighted by atomic mass is 9.82. The second kappa shape index (κ2) is 7.23. The number of nitrogens with zero attached hydrogens (tertiary/aromatic N) is 1. The van der Waals surface area contributed by atoms with Crippen molar-refractivity contribution in [3.63, 3.8) is 0 Å². The zero-order valence-corrected chi connectivity index (χ0v) is 15.4. The third-order valence-electron chi connectivity index (χ3n) is 5.51. The number of piperidine rings is 1. The van der Waals surface area contributed by atoms with E-state index in [9.17, 15) is 0 Å². The Kier molecular flexibility index (Phi) is 4.82. The summed E-state index contributed by atoms with van der Waals surface area (Å²) in [5.41, 5.74) is 3.83. The van der Waals surface area contributed by atoms with Gasteiger partial charge in [0.2, 0.25) is 0 Å². The summed E-state index contributed by atoms with van der Waals surface area (Å²) in [6, 6.07) is 17.8. The fourth-order valence-electron chi connectivity index (χ4n) is 4.33. The van der Waals surface area contributed by atoms with Crippen LogP contribution in [-0.4, -0.2) is 24.1 Å². The number of hydrogen-bond acceptors (Lipinski definition) is 2. The van der Waals surface area contributed by atoms with Gasteiger partial charge in [-0.05, 0) is 42.5 Å². The Labute approximate surface area is 155 Å². The summed E-state index contributed by atoms with van der Waals surface area (Å²) in [5, 5.41) is 0.792. The number of halogens is 1. The maximum atomic E-state index is 6.53. The molecule has 2 aromatic rings. The molecule has 1 saturated heterocycles. The van der Waals surface area contributed by atoms with E-state index < -0.39 is 0 Å². The average molecular weight is 354 g/mol. The van der Waals surface area contributed by atoms with Gasteiger partial charge in [-0.2, -0.15) is 0 Å².